The number of nitrogens with one attached hydrogen (secondary N) is 1. The van der Waals surface area contributed by atoms with E-state index in [1.54, 1.807) is 31.2 Å². The van der Waals surface area contributed by atoms with E-state index in [-0.39, 0.29) is 23.7 Å². The summed E-state index contributed by atoms with van der Waals surface area (Å²) >= 11 is 3.11. The number of sulfonamides is 1. The molecule has 0 unspecified atom stereocenters. The van der Waals surface area contributed by atoms with Crippen LogP contribution in [0.15, 0.2) is 76.1 Å². The molecule has 0 aliphatic heterocycles. The molecule has 0 atom stereocenters. The number of carbonyl (C=O) groups is 1. The van der Waals surface area contributed by atoms with Crippen LogP contribution in [0.4, 0.5) is 14.5 Å². The van der Waals surface area contributed by atoms with E-state index in [1.807, 2.05) is 6.07 Å². The fourth-order valence-electron chi connectivity index (χ4n) is 2.92. The van der Waals surface area contributed by atoms with E-state index in [0.717, 1.165) is 29.8 Å². The van der Waals surface area contributed by atoms with Gasteiger partial charge >= 0.3 is 0 Å². The first-order chi connectivity index (χ1) is 14.7. The summed E-state index contributed by atoms with van der Waals surface area (Å²) in [6.07, 6.45) is 0. The molecule has 3 rings (SSSR count). The molecule has 5 nitrogen and oxygen atoms in total. The third kappa shape index (κ3) is 5.36. The largest absolute Gasteiger partial charge is 0.319 e. The number of amides is 1. The Kier molecular flexibility index (Phi) is 7.19. The number of benzene rings is 3. The lowest BCUT2D eigenvalue weighted by Crippen LogP contribution is -2.30. The summed E-state index contributed by atoms with van der Waals surface area (Å²) in [6, 6.07) is 16.0. The molecule has 162 valence electrons. The average Bonchev–Trinajstić information content (AvgIpc) is 2.74. The second-order valence-electron chi connectivity index (χ2n) is 6.64. The van der Waals surface area contributed by atoms with Gasteiger partial charge in [-0.1, -0.05) is 53.2 Å². The first-order valence-corrected chi connectivity index (χ1v) is 11.6. The van der Waals surface area contributed by atoms with Crippen molar-refractivity contribution in [3.63, 3.8) is 0 Å². The number of hydrogen-bond donors (Lipinski definition) is 1. The molecule has 1 N–H and O–H groups in total. The van der Waals surface area contributed by atoms with Crippen LogP contribution in [-0.4, -0.2) is 25.2 Å². The van der Waals surface area contributed by atoms with E-state index in [2.05, 4.69) is 21.2 Å². The van der Waals surface area contributed by atoms with Crippen LogP contribution in [0.1, 0.15) is 22.8 Å². The van der Waals surface area contributed by atoms with E-state index in [1.165, 1.54) is 16.4 Å². The molecule has 9 heteroatoms. The number of halogens is 3. The van der Waals surface area contributed by atoms with Gasteiger partial charge in [0, 0.05) is 17.6 Å². The minimum absolute atomic E-state index is 0.128. The summed E-state index contributed by atoms with van der Waals surface area (Å²) in [5.41, 5.74) is 0.137. The van der Waals surface area contributed by atoms with Crippen molar-refractivity contribution in [3.05, 3.63) is 94.0 Å². The van der Waals surface area contributed by atoms with E-state index in [4.69, 9.17) is 0 Å². The van der Waals surface area contributed by atoms with Crippen LogP contribution in [0.3, 0.4) is 0 Å². The summed E-state index contributed by atoms with van der Waals surface area (Å²) in [5.74, 6) is -2.59. The van der Waals surface area contributed by atoms with Gasteiger partial charge in [-0.05, 0) is 42.0 Å². The third-order valence-electron chi connectivity index (χ3n) is 4.55. The maximum absolute atomic E-state index is 14.3. The van der Waals surface area contributed by atoms with E-state index in [0.29, 0.717) is 4.47 Å². The fraction of sp³-hybridized carbons (Fsp3) is 0.136. The van der Waals surface area contributed by atoms with Gasteiger partial charge in [0.05, 0.1) is 16.1 Å². The van der Waals surface area contributed by atoms with Crippen LogP contribution in [0.25, 0.3) is 0 Å². The van der Waals surface area contributed by atoms with Gasteiger partial charge in [-0.25, -0.2) is 17.2 Å². The average molecular weight is 509 g/mol. The lowest BCUT2D eigenvalue weighted by Gasteiger charge is -2.21. The third-order valence-corrected chi connectivity index (χ3v) is 6.96. The molecule has 0 aliphatic carbocycles. The zero-order valence-corrected chi connectivity index (χ0v) is 18.9. The highest BCUT2D eigenvalue weighted by atomic mass is 79.9. The summed E-state index contributed by atoms with van der Waals surface area (Å²) in [4.78, 5) is 12.3. The molecule has 0 radical (unpaired) electrons. The summed E-state index contributed by atoms with van der Waals surface area (Å²) < 4.78 is 56.3. The summed E-state index contributed by atoms with van der Waals surface area (Å²) in [6.45, 7) is 2.00. The fourth-order valence-corrected chi connectivity index (χ4v) is 4.72. The lowest BCUT2D eigenvalue weighted by atomic mass is 10.2. The molecule has 0 aliphatic rings. The van der Waals surface area contributed by atoms with Gasteiger partial charge in [-0.15, -0.1) is 0 Å². The van der Waals surface area contributed by atoms with Crippen molar-refractivity contribution in [1.82, 2.24) is 4.31 Å². The van der Waals surface area contributed by atoms with Crippen LogP contribution in [0.5, 0.6) is 0 Å². The molecule has 31 heavy (non-hydrogen) atoms. The Morgan fingerprint density at radius 3 is 2.35 bits per heavy atom. The van der Waals surface area contributed by atoms with E-state index >= 15 is 0 Å². The Balaban J connectivity index is 1.90. The number of rotatable bonds is 7. The van der Waals surface area contributed by atoms with Crippen molar-refractivity contribution in [2.75, 3.05) is 11.9 Å². The minimum atomic E-state index is -4.00. The van der Waals surface area contributed by atoms with Crippen LogP contribution < -0.4 is 5.32 Å². The molecule has 0 aromatic heterocycles. The molecule has 0 spiro atoms. The topological polar surface area (TPSA) is 66.5 Å². The minimum Gasteiger partial charge on any atom is -0.319 e. The SMILES string of the molecule is CCN(Cc1ccccc1)S(=O)(=O)c1ccc(F)c(C(=O)Nc2ccc(Br)cc2F)c1. The van der Waals surface area contributed by atoms with Crippen LogP contribution in [0, 0.1) is 11.6 Å². The van der Waals surface area contributed by atoms with E-state index in [9.17, 15) is 22.0 Å². The molecule has 0 heterocycles. The molecular weight excluding hydrogens is 490 g/mol. The molecule has 1 amide bonds. The van der Waals surface area contributed by atoms with Crippen LogP contribution in [0.2, 0.25) is 0 Å². The van der Waals surface area contributed by atoms with Crippen molar-refractivity contribution < 1.29 is 22.0 Å². The highest BCUT2D eigenvalue weighted by molar-refractivity contribution is 9.10. The number of carbonyl (C=O) groups excluding carboxylic acids is 1. The summed E-state index contributed by atoms with van der Waals surface area (Å²) in [5, 5.41) is 2.27. The van der Waals surface area contributed by atoms with Gasteiger partial charge in [0.1, 0.15) is 11.6 Å². The lowest BCUT2D eigenvalue weighted by molar-refractivity contribution is 0.102. The van der Waals surface area contributed by atoms with Gasteiger partial charge < -0.3 is 5.32 Å². The predicted molar refractivity (Wildman–Crippen MR) is 118 cm³/mol. The second-order valence-corrected chi connectivity index (χ2v) is 9.49. The first kappa shape index (κ1) is 23.1. The van der Waals surface area contributed by atoms with Crippen molar-refractivity contribution in [2.45, 2.75) is 18.4 Å². The molecule has 0 saturated carbocycles. The Morgan fingerprint density at radius 2 is 1.71 bits per heavy atom. The Morgan fingerprint density at radius 1 is 1.00 bits per heavy atom. The monoisotopic (exact) mass is 508 g/mol. The van der Waals surface area contributed by atoms with Gasteiger partial charge in [-0.2, -0.15) is 4.31 Å². The number of anilines is 1. The normalized spacial score (nSPS) is 11.5. The van der Waals surface area contributed by atoms with Gasteiger partial charge in [0.2, 0.25) is 10.0 Å². The first-order valence-electron chi connectivity index (χ1n) is 9.32. The highest BCUT2D eigenvalue weighted by Crippen LogP contribution is 2.24. The van der Waals surface area contributed by atoms with Crippen LogP contribution in [-0.2, 0) is 16.6 Å². The summed E-state index contributed by atoms with van der Waals surface area (Å²) in [7, 11) is -4.00. The van der Waals surface area contributed by atoms with Crippen molar-refractivity contribution >= 4 is 37.5 Å². The standard InChI is InChI=1S/C22H19BrF2N2O3S/c1-2-27(14-15-6-4-3-5-7-15)31(29,30)17-9-10-19(24)18(13-17)22(28)26-21-11-8-16(23)12-20(21)25/h3-13H,2,14H2,1H3,(H,26,28). The van der Waals surface area contributed by atoms with E-state index < -0.39 is 33.1 Å². The van der Waals surface area contributed by atoms with Crippen LogP contribution >= 0.6 is 15.9 Å². The quantitative estimate of drug-likeness (QED) is 0.477. The molecule has 0 fully saturated rings. The molecule has 0 saturated heterocycles. The Bertz CT molecular complexity index is 1200. The maximum Gasteiger partial charge on any atom is 0.258 e. The van der Waals surface area contributed by atoms with Crippen molar-refractivity contribution in [3.8, 4) is 0 Å². The Hall–Kier alpha value is -2.62. The number of nitrogens with zero attached hydrogens (tertiary/aromatic N) is 1. The molecule has 0 bridgehead atoms. The molecular formula is C22H19BrF2N2O3S. The number of hydrogen-bond acceptors (Lipinski definition) is 3. The highest BCUT2D eigenvalue weighted by Gasteiger charge is 2.26. The van der Waals surface area contributed by atoms with Crippen molar-refractivity contribution in [2.24, 2.45) is 0 Å². The van der Waals surface area contributed by atoms with Gasteiger partial charge in [0.25, 0.3) is 5.91 Å². The van der Waals surface area contributed by atoms with Gasteiger partial charge in [0.15, 0.2) is 0 Å². The van der Waals surface area contributed by atoms with Crippen molar-refractivity contribution in [1.29, 1.82) is 0 Å². The molecule has 3 aromatic carbocycles. The molecule has 3 aromatic rings. The predicted octanol–water partition coefficient (Wildman–Crippen LogP) is 5.19. The van der Waals surface area contributed by atoms with Gasteiger partial charge in [-0.3, -0.25) is 4.79 Å². The zero-order valence-electron chi connectivity index (χ0n) is 16.5. The second kappa shape index (κ2) is 9.67. The Labute approximate surface area is 187 Å². The zero-order chi connectivity index (χ0) is 22.6. The maximum atomic E-state index is 14.3. The smallest absolute Gasteiger partial charge is 0.258 e.